The number of hydrogen-bond acceptors (Lipinski definition) is 1. The molecule has 0 aromatic carbocycles. The van der Waals surface area contributed by atoms with Crippen molar-refractivity contribution < 1.29 is 4.43 Å². The second kappa shape index (κ2) is 3.88. The fraction of sp³-hybridized carbons (Fsp3) is 1.00. The smallest absolute Gasteiger partial charge is 0.184 e. The van der Waals surface area contributed by atoms with Gasteiger partial charge in [-0.05, 0) is 56.7 Å². The summed E-state index contributed by atoms with van der Waals surface area (Å²) in [5.74, 6) is 0.873. The predicted octanol–water partition coefficient (Wildman–Crippen LogP) is 4.20. The maximum Gasteiger partial charge on any atom is 0.184 e. The molecule has 0 heterocycles. The Morgan fingerprint density at radius 1 is 1.07 bits per heavy atom. The van der Waals surface area contributed by atoms with E-state index < -0.39 is 8.32 Å². The SMILES string of the molecule is CC12CCCC1[C@@H](O[Si](C)(C)C)CCC2. The molecule has 0 bridgehead atoms. The van der Waals surface area contributed by atoms with Gasteiger partial charge in [0.05, 0.1) is 0 Å². The van der Waals surface area contributed by atoms with Crippen LogP contribution in [0, 0.1) is 11.3 Å². The molecule has 2 rings (SSSR count). The highest BCUT2D eigenvalue weighted by Gasteiger charge is 2.46. The van der Waals surface area contributed by atoms with Gasteiger partial charge in [-0.3, -0.25) is 0 Å². The summed E-state index contributed by atoms with van der Waals surface area (Å²) in [5, 5.41) is 0. The van der Waals surface area contributed by atoms with Crippen LogP contribution < -0.4 is 0 Å². The Kier molecular flexibility index (Phi) is 3.02. The largest absolute Gasteiger partial charge is 0.414 e. The van der Waals surface area contributed by atoms with Crippen LogP contribution in [0.1, 0.15) is 45.4 Å². The molecular formula is C13H26OSi. The van der Waals surface area contributed by atoms with Gasteiger partial charge in [0.1, 0.15) is 0 Å². The van der Waals surface area contributed by atoms with E-state index in [0.29, 0.717) is 11.5 Å². The van der Waals surface area contributed by atoms with Crippen molar-refractivity contribution in [2.45, 2.75) is 71.2 Å². The van der Waals surface area contributed by atoms with Gasteiger partial charge in [-0.25, -0.2) is 0 Å². The highest BCUT2D eigenvalue weighted by atomic mass is 28.4. The number of hydrogen-bond donors (Lipinski definition) is 0. The quantitative estimate of drug-likeness (QED) is 0.641. The van der Waals surface area contributed by atoms with Gasteiger partial charge in [0, 0.05) is 6.10 Å². The lowest BCUT2D eigenvalue weighted by atomic mass is 9.68. The van der Waals surface area contributed by atoms with Crippen LogP contribution in [0.5, 0.6) is 0 Å². The molecule has 0 spiro atoms. The molecule has 15 heavy (non-hydrogen) atoms. The van der Waals surface area contributed by atoms with Crippen molar-refractivity contribution in [3.8, 4) is 0 Å². The molecule has 0 radical (unpaired) electrons. The highest BCUT2D eigenvalue weighted by molar-refractivity contribution is 6.69. The summed E-state index contributed by atoms with van der Waals surface area (Å²) in [6.07, 6.45) is 9.07. The van der Waals surface area contributed by atoms with Crippen LogP contribution in [0.15, 0.2) is 0 Å². The Morgan fingerprint density at radius 2 is 1.67 bits per heavy atom. The maximum absolute atomic E-state index is 6.40. The van der Waals surface area contributed by atoms with Crippen molar-refractivity contribution >= 4 is 8.32 Å². The summed E-state index contributed by atoms with van der Waals surface area (Å²) in [6, 6.07) is 0. The van der Waals surface area contributed by atoms with E-state index in [-0.39, 0.29) is 0 Å². The first-order valence-electron chi connectivity index (χ1n) is 6.59. The van der Waals surface area contributed by atoms with E-state index in [2.05, 4.69) is 26.6 Å². The summed E-state index contributed by atoms with van der Waals surface area (Å²) in [4.78, 5) is 0. The molecule has 2 aliphatic rings. The molecule has 0 aliphatic heterocycles. The van der Waals surface area contributed by atoms with E-state index in [1.54, 1.807) is 0 Å². The first-order valence-corrected chi connectivity index (χ1v) is 9.99. The second-order valence-corrected chi connectivity index (χ2v) is 11.3. The highest BCUT2D eigenvalue weighted by Crippen LogP contribution is 2.53. The third-order valence-corrected chi connectivity index (χ3v) is 5.36. The Hall–Kier alpha value is 0.177. The Bertz CT molecular complexity index is 233. The predicted molar refractivity (Wildman–Crippen MR) is 67.5 cm³/mol. The molecule has 2 saturated carbocycles. The van der Waals surface area contributed by atoms with E-state index >= 15 is 0 Å². The molecule has 0 N–H and O–H groups in total. The topological polar surface area (TPSA) is 9.23 Å². The van der Waals surface area contributed by atoms with E-state index in [4.69, 9.17) is 4.43 Å². The summed E-state index contributed by atoms with van der Waals surface area (Å²) < 4.78 is 6.40. The van der Waals surface area contributed by atoms with Gasteiger partial charge in [0.25, 0.3) is 0 Å². The third kappa shape index (κ3) is 2.47. The molecule has 2 fully saturated rings. The van der Waals surface area contributed by atoms with E-state index in [0.717, 1.165) is 5.92 Å². The molecule has 2 heteroatoms. The molecule has 0 amide bonds. The van der Waals surface area contributed by atoms with Crippen molar-refractivity contribution in [1.29, 1.82) is 0 Å². The molecule has 0 aromatic rings. The summed E-state index contributed by atoms with van der Waals surface area (Å²) in [6.45, 7) is 9.49. The van der Waals surface area contributed by atoms with Crippen molar-refractivity contribution in [2.24, 2.45) is 11.3 Å². The van der Waals surface area contributed by atoms with Gasteiger partial charge in [0.2, 0.25) is 0 Å². The monoisotopic (exact) mass is 226 g/mol. The molecule has 88 valence electrons. The zero-order valence-electron chi connectivity index (χ0n) is 10.8. The molecule has 0 saturated heterocycles. The van der Waals surface area contributed by atoms with Crippen molar-refractivity contribution in [1.82, 2.24) is 0 Å². The summed E-state index contributed by atoms with van der Waals surface area (Å²) in [5.41, 5.74) is 0.628. The summed E-state index contributed by atoms with van der Waals surface area (Å²) in [7, 11) is -1.34. The standard InChI is InChI=1S/C13H26OSi/c1-13-9-5-7-11(13)12(8-6-10-13)14-15(2,3)4/h11-12H,5-10H2,1-4H3/t11?,12-,13?/m0/s1. The third-order valence-electron chi connectivity index (χ3n) is 4.35. The van der Waals surface area contributed by atoms with Crippen LogP contribution in [0.25, 0.3) is 0 Å². The minimum absolute atomic E-state index is 0.595. The average molecular weight is 226 g/mol. The zero-order valence-corrected chi connectivity index (χ0v) is 11.8. The van der Waals surface area contributed by atoms with Crippen LogP contribution in [-0.4, -0.2) is 14.4 Å². The number of rotatable bonds is 2. The Morgan fingerprint density at radius 3 is 2.27 bits per heavy atom. The molecule has 2 unspecified atom stereocenters. The van der Waals surface area contributed by atoms with Crippen LogP contribution in [-0.2, 0) is 4.43 Å². The number of fused-ring (bicyclic) bond motifs is 1. The lowest BCUT2D eigenvalue weighted by molar-refractivity contribution is 0.0139. The van der Waals surface area contributed by atoms with Gasteiger partial charge in [0.15, 0.2) is 8.32 Å². The molecular weight excluding hydrogens is 200 g/mol. The lowest BCUT2D eigenvalue weighted by Gasteiger charge is -2.44. The van der Waals surface area contributed by atoms with Crippen LogP contribution in [0.4, 0.5) is 0 Å². The van der Waals surface area contributed by atoms with E-state index in [9.17, 15) is 0 Å². The molecule has 0 aromatic heterocycles. The van der Waals surface area contributed by atoms with Crippen molar-refractivity contribution in [3.05, 3.63) is 0 Å². The first-order chi connectivity index (χ1) is 6.91. The lowest BCUT2D eigenvalue weighted by Crippen LogP contribution is -2.43. The van der Waals surface area contributed by atoms with Crippen LogP contribution >= 0.6 is 0 Å². The molecule has 1 nitrogen and oxygen atoms in total. The minimum Gasteiger partial charge on any atom is -0.414 e. The van der Waals surface area contributed by atoms with Gasteiger partial charge >= 0.3 is 0 Å². The second-order valence-electron chi connectivity index (χ2n) is 6.81. The maximum atomic E-state index is 6.40. The van der Waals surface area contributed by atoms with E-state index in [1.807, 2.05) is 0 Å². The van der Waals surface area contributed by atoms with Crippen LogP contribution in [0.2, 0.25) is 19.6 Å². The molecule has 3 atom stereocenters. The van der Waals surface area contributed by atoms with Gasteiger partial charge < -0.3 is 4.43 Å². The Balaban J connectivity index is 2.06. The fourth-order valence-corrected chi connectivity index (χ4v) is 4.90. The normalized spacial score (nSPS) is 41.6. The average Bonchev–Trinajstić information content (AvgIpc) is 2.44. The van der Waals surface area contributed by atoms with E-state index in [1.165, 1.54) is 38.5 Å². The van der Waals surface area contributed by atoms with Gasteiger partial charge in [-0.15, -0.1) is 0 Å². The van der Waals surface area contributed by atoms with Gasteiger partial charge in [-0.2, -0.15) is 0 Å². The zero-order chi connectivity index (χ0) is 11.1. The fourth-order valence-electron chi connectivity index (χ4n) is 3.71. The van der Waals surface area contributed by atoms with Gasteiger partial charge in [-0.1, -0.05) is 19.8 Å². The minimum atomic E-state index is -1.34. The van der Waals surface area contributed by atoms with Crippen molar-refractivity contribution in [3.63, 3.8) is 0 Å². The Labute approximate surface area is 95.7 Å². The van der Waals surface area contributed by atoms with Crippen molar-refractivity contribution in [2.75, 3.05) is 0 Å². The summed E-state index contributed by atoms with van der Waals surface area (Å²) >= 11 is 0. The molecule has 2 aliphatic carbocycles. The van der Waals surface area contributed by atoms with Crippen LogP contribution in [0.3, 0.4) is 0 Å². The first kappa shape index (κ1) is 11.7.